The van der Waals surface area contributed by atoms with Crippen LogP contribution in [0.4, 0.5) is 28.4 Å². The molecule has 2 aliphatic rings. The number of para-hydroxylation sites is 5. The van der Waals surface area contributed by atoms with Crippen LogP contribution in [0.15, 0.2) is 218 Å². The van der Waals surface area contributed by atoms with Gasteiger partial charge in [0.2, 0.25) is 0 Å². The molecule has 0 bridgehead atoms. The third-order valence-corrected chi connectivity index (χ3v) is 12.6. The van der Waals surface area contributed by atoms with Crippen molar-refractivity contribution in [2.24, 2.45) is 5.92 Å². The number of hydrogen-bond donors (Lipinski definition) is 0. The lowest BCUT2D eigenvalue weighted by molar-refractivity contribution is 0.618. The number of allylic oxidation sites excluding steroid dienone is 4. The Kier molecular flexibility index (Phi) is 7.54. The van der Waals surface area contributed by atoms with Crippen LogP contribution in [-0.2, 0) is 0 Å². The highest BCUT2D eigenvalue weighted by molar-refractivity contribution is 6.10. The predicted molar refractivity (Wildman–Crippen MR) is 248 cm³/mol. The molecule has 0 N–H and O–H groups in total. The lowest BCUT2D eigenvalue weighted by Gasteiger charge is -2.29. The van der Waals surface area contributed by atoms with Gasteiger partial charge in [0.15, 0.2) is 0 Å². The molecule has 4 heteroatoms. The molecular weight excluding hydrogens is 717 g/mol. The van der Waals surface area contributed by atoms with Gasteiger partial charge in [0.05, 0.1) is 22.1 Å². The summed E-state index contributed by atoms with van der Waals surface area (Å²) in [5.41, 5.74) is 15.5. The molecule has 0 saturated carbocycles. The number of rotatable bonds is 6. The van der Waals surface area contributed by atoms with E-state index in [1.807, 2.05) is 0 Å². The summed E-state index contributed by atoms with van der Waals surface area (Å²) in [6.45, 7) is 2.33. The summed E-state index contributed by atoms with van der Waals surface area (Å²) < 4.78 is 4.76. The van der Waals surface area contributed by atoms with Crippen molar-refractivity contribution in [1.29, 1.82) is 0 Å². The minimum absolute atomic E-state index is 0.355. The van der Waals surface area contributed by atoms with Crippen molar-refractivity contribution in [1.82, 2.24) is 9.13 Å². The second-order valence-corrected chi connectivity index (χ2v) is 15.8. The topological polar surface area (TPSA) is 16.3 Å². The van der Waals surface area contributed by atoms with Gasteiger partial charge >= 0.3 is 0 Å². The summed E-state index contributed by atoms with van der Waals surface area (Å²) in [6.07, 6.45) is 6.84. The van der Waals surface area contributed by atoms with E-state index in [0.717, 1.165) is 28.4 Å². The van der Waals surface area contributed by atoms with Crippen molar-refractivity contribution in [2.75, 3.05) is 9.80 Å². The third kappa shape index (κ3) is 5.16. The van der Waals surface area contributed by atoms with Gasteiger partial charge < -0.3 is 18.9 Å². The Morgan fingerprint density at radius 1 is 0.407 bits per heavy atom. The van der Waals surface area contributed by atoms with Crippen LogP contribution < -0.4 is 9.80 Å². The van der Waals surface area contributed by atoms with Crippen molar-refractivity contribution in [3.8, 4) is 11.4 Å². The maximum Gasteiger partial charge on any atom is 0.0541 e. The minimum Gasteiger partial charge on any atom is -0.313 e. The molecule has 59 heavy (non-hydrogen) atoms. The molecule has 1 aliphatic heterocycles. The summed E-state index contributed by atoms with van der Waals surface area (Å²) in [5.74, 6) is 0.792. The first-order chi connectivity index (χ1) is 29.2. The van der Waals surface area contributed by atoms with Crippen molar-refractivity contribution in [3.63, 3.8) is 0 Å². The van der Waals surface area contributed by atoms with Gasteiger partial charge in [-0.3, -0.25) is 0 Å². The number of nitrogens with zero attached hydrogens (tertiary/aromatic N) is 4. The second kappa shape index (κ2) is 13.3. The monoisotopic (exact) mass is 756 g/mol. The molecule has 0 amide bonds. The maximum absolute atomic E-state index is 2.45. The molecule has 0 fully saturated rings. The fraction of sp³-hybridized carbons (Fsp3) is 0.0545. The van der Waals surface area contributed by atoms with Gasteiger partial charge in [-0.05, 0) is 121 Å². The Bertz CT molecular complexity index is 3030. The number of anilines is 5. The van der Waals surface area contributed by atoms with Crippen molar-refractivity contribution >= 4 is 72.0 Å². The Morgan fingerprint density at radius 3 is 1.25 bits per heavy atom. The molecule has 3 heterocycles. The lowest BCUT2D eigenvalue weighted by Crippen LogP contribution is -2.18. The zero-order valence-electron chi connectivity index (χ0n) is 32.7. The summed E-state index contributed by atoms with van der Waals surface area (Å²) in [5, 5.41) is 5.05. The highest BCUT2D eigenvalue weighted by atomic mass is 15.2. The molecule has 2 atom stereocenters. The van der Waals surface area contributed by atoms with Crippen molar-refractivity contribution in [2.45, 2.75) is 12.8 Å². The molecule has 8 aromatic carbocycles. The fourth-order valence-electron chi connectivity index (χ4n) is 9.95. The van der Waals surface area contributed by atoms with E-state index in [4.69, 9.17) is 0 Å². The molecule has 4 nitrogen and oxygen atoms in total. The molecular formula is C55H40N4. The highest BCUT2D eigenvalue weighted by Gasteiger charge is 2.37. The van der Waals surface area contributed by atoms with E-state index in [9.17, 15) is 0 Å². The zero-order valence-corrected chi connectivity index (χ0v) is 32.7. The number of aromatic nitrogens is 2. The van der Waals surface area contributed by atoms with Gasteiger partial charge in [-0.15, -0.1) is 0 Å². The standard InChI is InChI=1S/C55H40N4/c1-37-13-12-24-54-55(37)48-18-6-11-23-53(48)59(54)43-35-29-40(30-36-43)56(38-25-31-41(32-26-38)57-49-19-7-2-14-44(49)45-15-3-8-20-50(45)57)39-27-33-42(34-28-39)58-51-21-9-4-16-46(51)47-17-5-10-22-52(47)58/h2-37,55H,1H3. The first-order valence-electron chi connectivity index (χ1n) is 20.6. The van der Waals surface area contributed by atoms with Gasteiger partial charge in [-0.2, -0.15) is 0 Å². The fourth-order valence-corrected chi connectivity index (χ4v) is 9.95. The van der Waals surface area contributed by atoms with E-state index >= 15 is 0 Å². The molecule has 2 aromatic heterocycles. The average molecular weight is 757 g/mol. The number of hydrogen-bond acceptors (Lipinski definition) is 2. The van der Waals surface area contributed by atoms with Gasteiger partial charge in [0.1, 0.15) is 0 Å². The van der Waals surface area contributed by atoms with E-state index in [-0.39, 0.29) is 0 Å². The number of fused-ring (bicyclic) bond motifs is 9. The molecule has 1 aliphatic carbocycles. The van der Waals surface area contributed by atoms with Crippen LogP contribution in [0.2, 0.25) is 0 Å². The van der Waals surface area contributed by atoms with Crippen LogP contribution >= 0.6 is 0 Å². The SMILES string of the molecule is CC1C=CC=C2C1c1ccccc1N2c1ccc(N(c2ccc(-n3c4ccccc4c4ccccc43)cc2)c2ccc(-n3c4ccccc4c4ccccc43)cc2)cc1. The van der Waals surface area contributed by atoms with Crippen molar-refractivity contribution in [3.05, 3.63) is 224 Å². The molecule has 0 spiro atoms. The smallest absolute Gasteiger partial charge is 0.0541 e. The Morgan fingerprint density at radius 2 is 0.797 bits per heavy atom. The lowest BCUT2D eigenvalue weighted by atomic mass is 9.84. The third-order valence-electron chi connectivity index (χ3n) is 12.6. The van der Waals surface area contributed by atoms with Gasteiger partial charge in [-0.25, -0.2) is 0 Å². The molecule has 2 unspecified atom stereocenters. The van der Waals surface area contributed by atoms with Crippen molar-refractivity contribution < 1.29 is 0 Å². The summed E-state index contributed by atoms with van der Waals surface area (Å²) >= 11 is 0. The van der Waals surface area contributed by atoms with Gasteiger partial charge in [0, 0.05) is 73.0 Å². The average Bonchev–Trinajstić information content (AvgIpc) is 3.94. The van der Waals surface area contributed by atoms with E-state index in [0.29, 0.717) is 11.8 Å². The van der Waals surface area contributed by atoms with E-state index in [2.05, 4.69) is 238 Å². The maximum atomic E-state index is 2.45. The largest absolute Gasteiger partial charge is 0.313 e. The quantitative estimate of drug-likeness (QED) is 0.168. The Balaban J connectivity index is 0.975. The summed E-state index contributed by atoms with van der Waals surface area (Å²) in [4.78, 5) is 4.83. The van der Waals surface area contributed by atoms with E-state index < -0.39 is 0 Å². The predicted octanol–water partition coefficient (Wildman–Crippen LogP) is 14.7. The van der Waals surface area contributed by atoms with E-state index in [1.54, 1.807) is 0 Å². The molecule has 10 aromatic rings. The normalized spacial score (nSPS) is 15.9. The van der Waals surface area contributed by atoms with Crippen LogP contribution in [-0.4, -0.2) is 9.13 Å². The number of benzene rings is 8. The van der Waals surface area contributed by atoms with Gasteiger partial charge in [-0.1, -0.05) is 110 Å². The molecule has 280 valence electrons. The molecule has 0 saturated heterocycles. The minimum atomic E-state index is 0.355. The molecule has 12 rings (SSSR count). The van der Waals surface area contributed by atoms with Gasteiger partial charge in [0.25, 0.3) is 0 Å². The zero-order chi connectivity index (χ0) is 39.0. The van der Waals surface area contributed by atoms with Crippen LogP contribution in [0.25, 0.3) is 55.0 Å². The van der Waals surface area contributed by atoms with Crippen LogP contribution in [0, 0.1) is 5.92 Å². The van der Waals surface area contributed by atoms with E-state index in [1.165, 1.54) is 66.2 Å². The Labute approximate surface area is 343 Å². The van der Waals surface area contributed by atoms with Crippen LogP contribution in [0.3, 0.4) is 0 Å². The second-order valence-electron chi connectivity index (χ2n) is 15.8. The summed E-state index contributed by atoms with van der Waals surface area (Å²) in [6, 6.07) is 70.9. The first kappa shape index (κ1) is 33.6. The van der Waals surface area contributed by atoms with Crippen LogP contribution in [0.5, 0.6) is 0 Å². The highest BCUT2D eigenvalue weighted by Crippen LogP contribution is 2.52. The summed E-state index contributed by atoms with van der Waals surface area (Å²) in [7, 11) is 0. The first-order valence-corrected chi connectivity index (χ1v) is 20.6. The van der Waals surface area contributed by atoms with Crippen LogP contribution in [0.1, 0.15) is 18.4 Å². The molecule has 0 radical (unpaired) electrons. The Hall–Kier alpha value is -7.56.